The van der Waals surface area contributed by atoms with Crippen molar-refractivity contribution in [3.63, 3.8) is 0 Å². The first-order valence-corrected chi connectivity index (χ1v) is 14.5. The molecular formula is C29H22Cl2F3N3O5S. The Morgan fingerprint density at radius 1 is 1.05 bits per heavy atom. The molecule has 0 atom stereocenters. The van der Waals surface area contributed by atoms with Crippen molar-refractivity contribution in [3.8, 4) is 16.9 Å². The topological polar surface area (TPSA) is 93.9 Å². The first-order chi connectivity index (χ1) is 20.5. The molecule has 0 radical (unpaired) electrons. The molecule has 1 aliphatic rings. The van der Waals surface area contributed by atoms with Crippen LogP contribution in [0, 0.1) is 0 Å². The fraction of sp³-hybridized carbons (Fsp3) is 0.207. The van der Waals surface area contributed by atoms with Crippen LogP contribution < -0.4 is 9.64 Å². The summed E-state index contributed by atoms with van der Waals surface area (Å²) in [6.45, 7) is 0.0379. The van der Waals surface area contributed by atoms with Crippen molar-refractivity contribution in [3.05, 3.63) is 93.7 Å². The van der Waals surface area contributed by atoms with E-state index in [-0.39, 0.29) is 25.3 Å². The molecule has 4 aromatic rings. The van der Waals surface area contributed by atoms with E-state index >= 15 is 0 Å². The van der Waals surface area contributed by atoms with E-state index in [0.29, 0.717) is 28.6 Å². The highest BCUT2D eigenvalue weighted by molar-refractivity contribution is 7.99. The van der Waals surface area contributed by atoms with Gasteiger partial charge in [0.05, 0.1) is 29.0 Å². The van der Waals surface area contributed by atoms with Gasteiger partial charge in [0.25, 0.3) is 0 Å². The second-order valence-corrected chi connectivity index (χ2v) is 11.2. The number of thioether (sulfide) groups is 1. The summed E-state index contributed by atoms with van der Waals surface area (Å²) in [6.07, 6.45) is -1.88. The number of carbonyl (C=O) groups is 2. The van der Waals surface area contributed by atoms with Crippen molar-refractivity contribution in [2.24, 2.45) is 0 Å². The third-order valence-electron chi connectivity index (χ3n) is 6.46. The Hall–Kier alpha value is -3.87. The second kappa shape index (κ2) is 12.8. The lowest BCUT2D eigenvalue weighted by Crippen LogP contribution is -2.36. The maximum atomic E-state index is 13.4. The molecule has 0 unspecified atom stereocenters. The lowest BCUT2D eigenvalue weighted by molar-refractivity contribution is -0.138. The van der Waals surface area contributed by atoms with Gasteiger partial charge in [-0.25, -0.2) is 9.59 Å². The Labute approximate surface area is 257 Å². The summed E-state index contributed by atoms with van der Waals surface area (Å²) in [4.78, 5) is 26.6. The molecule has 8 nitrogen and oxygen atoms in total. The zero-order chi connectivity index (χ0) is 30.7. The van der Waals surface area contributed by atoms with Gasteiger partial charge in [0.2, 0.25) is 0 Å². The molecule has 1 N–H and O–H groups in total. The molecule has 1 amide bonds. The molecule has 224 valence electrons. The second-order valence-electron chi connectivity index (χ2n) is 9.27. The maximum absolute atomic E-state index is 13.4. The van der Waals surface area contributed by atoms with Crippen molar-refractivity contribution in [2.45, 2.75) is 17.6 Å². The number of halogens is 5. The van der Waals surface area contributed by atoms with Gasteiger partial charge in [-0.05, 0) is 42.0 Å². The summed E-state index contributed by atoms with van der Waals surface area (Å²) >= 11 is 13.6. The summed E-state index contributed by atoms with van der Waals surface area (Å²) in [6, 6.07) is 13.6. The highest BCUT2D eigenvalue weighted by atomic mass is 35.5. The Morgan fingerprint density at radius 2 is 1.84 bits per heavy atom. The van der Waals surface area contributed by atoms with E-state index in [1.54, 1.807) is 41.0 Å². The summed E-state index contributed by atoms with van der Waals surface area (Å²) in [5.41, 5.74) is 1.87. The average Bonchev–Trinajstić information content (AvgIpc) is 3.43. The van der Waals surface area contributed by atoms with E-state index in [0.717, 1.165) is 28.2 Å². The van der Waals surface area contributed by atoms with Crippen molar-refractivity contribution in [2.75, 3.05) is 30.4 Å². The van der Waals surface area contributed by atoms with E-state index in [9.17, 15) is 27.9 Å². The first-order valence-electron chi connectivity index (χ1n) is 12.8. The zero-order valence-corrected chi connectivity index (χ0v) is 24.4. The number of ether oxygens (including phenoxy) is 2. The van der Waals surface area contributed by atoms with E-state index in [4.69, 9.17) is 32.7 Å². The Kier molecular flexibility index (Phi) is 9.09. The normalized spacial score (nSPS) is 13.0. The Morgan fingerprint density at radius 3 is 2.60 bits per heavy atom. The molecule has 0 bridgehead atoms. The number of hydrogen-bond donors (Lipinski definition) is 1. The van der Waals surface area contributed by atoms with Crippen molar-refractivity contribution < 1.29 is 37.3 Å². The number of anilines is 1. The third-order valence-corrected chi connectivity index (χ3v) is 8.25. The molecule has 43 heavy (non-hydrogen) atoms. The lowest BCUT2D eigenvalue weighted by atomic mass is 10.1. The van der Waals surface area contributed by atoms with Crippen LogP contribution in [-0.2, 0) is 17.5 Å². The van der Waals surface area contributed by atoms with E-state index in [1.165, 1.54) is 29.2 Å². The van der Waals surface area contributed by atoms with Crippen LogP contribution in [0.2, 0.25) is 10.0 Å². The fourth-order valence-electron chi connectivity index (χ4n) is 4.52. The minimum absolute atomic E-state index is 0.120. The molecule has 0 saturated heterocycles. The van der Waals surface area contributed by atoms with Crippen molar-refractivity contribution in [1.82, 2.24) is 9.78 Å². The molecule has 0 aliphatic carbocycles. The van der Waals surface area contributed by atoms with Gasteiger partial charge in [-0.2, -0.15) is 18.3 Å². The fourth-order valence-corrected chi connectivity index (χ4v) is 6.11. The van der Waals surface area contributed by atoms with Gasteiger partial charge < -0.3 is 14.6 Å². The summed E-state index contributed by atoms with van der Waals surface area (Å²) in [5, 5.41) is 13.6. The summed E-state index contributed by atoms with van der Waals surface area (Å²) in [5.74, 6) is -0.921. The number of amides is 1. The number of carboxylic acids is 1. The van der Waals surface area contributed by atoms with Gasteiger partial charge in [0, 0.05) is 39.5 Å². The molecule has 1 aromatic heterocycles. The van der Waals surface area contributed by atoms with Gasteiger partial charge in [-0.3, -0.25) is 9.58 Å². The number of rotatable bonds is 8. The predicted molar refractivity (Wildman–Crippen MR) is 157 cm³/mol. The first kappa shape index (κ1) is 30.6. The number of aromatic nitrogens is 2. The number of carboxylic acid groups (broad SMARTS) is 1. The number of alkyl halides is 3. The largest absolute Gasteiger partial charge is 0.489 e. The van der Waals surface area contributed by atoms with Crippen LogP contribution >= 0.6 is 35.0 Å². The van der Waals surface area contributed by atoms with Crippen LogP contribution in [0.5, 0.6) is 5.75 Å². The van der Waals surface area contributed by atoms with Gasteiger partial charge >= 0.3 is 18.2 Å². The molecule has 0 spiro atoms. The van der Waals surface area contributed by atoms with E-state index < -0.39 is 34.6 Å². The van der Waals surface area contributed by atoms with Crippen LogP contribution in [0.15, 0.2) is 71.9 Å². The van der Waals surface area contributed by atoms with Gasteiger partial charge in [0.15, 0.2) is 0 Å². The van der Waals surface area contributed by atoms with Gasteiger partial charge in [0.1, 0.15) is 24.5 Å². The van der Waals surface area contributed by atoms with Crippen LogP contribution in [0.4, 0.5) is 23.7 Å². The zero-order valence-electron chi connectivity index (χ0n) is 22.1. The SMILES string of the molecule is O=C(O)c1ccc(Cl)c(Cn2cc(-c3cccc4c3SCCN4C(=O)OCCOc3cccc(Cl)c3C(F)(F)F)cn2)c1. The number of benzene rings is 3. The number of carbonyl (C=O) groups excluding carboxylic acids is 1. The lowest BCUT2D eigenvalue weighted by Gasteiger charge is -2.29. The quantitative estimate of drug-likeness (QED) is 0.195. The van der Waals surface area contributed by atoms with Crippen molar-refractivity contribution in [1.29, 1.82) is 0 Å². The van der Waals surface area contributed by atoms with E-state index in [1.807, 2.05) is 6.07 Å². The molecule has 1 aliphatic heterocycles. The number of fused-ring (bicyclic) bond motifs is 1. The molecule has 0 fully saturated rings. The molecule has 0 saturated carbocycles. The smallest absolute Gasteiger partial charge is 0.421 e. The minimum atomic E-state index is -4.70. The van der Waals surface area contributed by atoms with E-state index in [2.05, 4.69) is 5.10 Å². The van der Waals surface area contributed by atoms with Gasteiger partial charge in [-0.15, -0.1) is 11.8 Å². The van der Waals surface area contributed by atoms with Gasteiger partial charge in [-0.1, -0.05) is 41.4 Å². The predicted octanol–water partition coefficient (Wildman–Crippen LogP) is 7.75. The minimum Gasteiger partial charge on any atom is -0.489 e. The van der Waals surface area contributed by atoms with Crippen LogP contribution in [-0.4, -0.2) is 52.5 Å². The standard InChI is InChI=1S/C29H22Cl2F3N3O5S/c30-21-8-7-17(27(38)39)13-18(21)15-36-16-19(14-35-36)20-3-1-5-23-26(20)43-12-9-37(23)28(40)42-11-10-41-24-6-2-4-22(31)25(24)29(32,33)34/h1-8,13-14,16H,9-12,15H2,(H,38,39). The molecule has 3 aromatic carbocycles. The highest BCUT2D eigenvalue weighted by Gasteiger charge is 2.37. The Bertz CT molecular complexity index is 1680. The Balaban J connectivity index is 1.27. The third kappa shape index (κ3) is 6.87. The molecule has 5 rings (SSSR count). The van der Waals surface area contributed by atoms with Crippen LogP contribution in [0.1, 0.15) is 21.5 Å². The number of aromatic carboxylic acids is 1. The number of hydrogen-bond acceptors (Lipinski definition) is 6. The monoisotopic (exact) mass is 651 g/mol. The molecule has 14 heteroatoms. The maximum Gasteiger partial charge on any atom is 0.421 e. The molecular weight excluding hydrogens is 630 g/mol. The van der Waals surface area contributed by atoms with Crippen molar-refractivity contribution >= 4 is 52.7 Å². The van der Waals surface area contributed by atoms with Crippen LogP contribution in [0.25, 0.3) is 11.1 Å². The summed E-state index contributed by atoms with van der Waals surface area (Å²) < 4.78 is 52.3. The highest BCUT2D eigenvalue weighted by Crippen LogP contribution is 2.43. The molecule has 2 heterocycles. The number of nitrogens with zero attached hydrogens (tertiary/aromatic N) is 3. The van der Waals surface area contributed by atoms with Crippen LogP contribution in [0.3, 0.4) is 0 Å². The average molecular weight is 652 g/mol. The summed E-state index contributed by atoms with van der Waals surface area (Å²) in [7, 11) is 0.